The Morgan fingerprint density at radius 2 is 1.63 bits per heavy atom. The molecule has 0 bridgehead atoms. The van der Waals surface area contributed by atoms with Gasteiger partial charge < -0.3 is 14.8 Å². The Morgan fingerprint density at radius 3 is 2.29 bits per heavy atom. The number of ether oxygens (including phenoxy) is 2. The summed E-state index contributed by atoms with van der Waals surface area (Å²) in [6, 6.07) is 17.7. The first-order valence-corrected chi connectivity index (χ1v) is 13.3. The van der Waals surface area contributed by atoms with Gasteiger partial charge in [0.05, 0.1) is 6.10 Å². The summed E-state index contributed by atoms with van der Waals surface area (Å²) in [5.74, 6) is 0.458. The summed E-state index contributed by atoms with van der Waals surface area (Å²) in [6.45, 7) is 5.32. The fourth-order valence-electron chi connectivity index (χ4n) is 4.48. The number of benzene rings is 2. The average Bonchev–Trinajstić information content (AvgIpc) is 3.28. The van der Waals surface area contributed by atoms with Gasteiger partial charge in [-0.15, -0.1) is 11.3 Å². The van der Waals surface area contributed by atoms with Crippen LogP contribution < -0.4 is 10.1 Å². The van der Waals surface area contributed by atoms with Gasteiger partial charge in [0, 0.05) is 10.9 Å². The van der Waals surface area contributed by atoms with Crippen molar-refractivity contribution < 1.29 is 19.1 Å². The molecule has 1 atom stereocenters. The molecule has 3 aromatic rings. The zero-order valence-electron chi connectivity index (χ0n) is 20.6. The Kier molecular flexibility index (Phi) is 8.24. The zero-order valence-corrected chi connectivity index (χ0v) is 21.4. The molecule has 6 heteroatoms. The molecular weight excluding hydrogens is 458 g/mol. The van der Waals surface area contributed by atoms with Crippen molar-refractivity contribution in [3.63, 3.8) is 0 Å². The van der Waals surface area contributed by atoms with E-state index in [1.54, 1.807) is 19.1 Å². The predicted octanol–water partition coefficient (Wildman–Crippen LogP) is 7.43. The molecule has 0 unspecified atom stereocenters. The van der Waals surface area contributed by atoms with E-state index in [9.17, 15) is 9.59 Å². The number of carbonyl (C=O) groups is 2. The standard InChI is InChI=1S/C29H33NO4S/c1-19(2)33-29(32)26-25(23-16-14-22(15-17-23)21-10-6-4-7-11-21)18-35-28(26)30-27(31)20(3)34-24-12-8-5-9-13-24/h5,8-9,12-21H,4,6-7,10-11H2,1-3H3,(H,30,31)/t20-/m1/s1. The second-order valence-electron chi connectivity index (χ2n) is 9.33. The van der Waals surface area contributed by atoms with Crippen LogP contribution in [0.25, 0.3) is 11.1 Å². The van der Waals surface area contributed by atoms with E-state index < -0.39 is 12.1 Å². The summed E-state index contributed by atoms with van der Waals surface area (Å²) in [6.07, 6.45) is 5.38. The van der Waals surface area contributed by atoms with Gasteiger partial charge in [-0.3, -0.25) is 4.79 Å². The van der Waals surface area contributed by atoms with Crippen LogP contribution in [0.2, 0.25) is 0 Å². The second-order valence-corrected chi connectivity index (χ2v) is 10.2. The molecule has 0 saturated heterocycles. The summed E-state index contributed by atoms with van der Waals surface area (Å²) in [5.41, 5.74) is 3.44. The number of thiophene rings is 1. The first-order valence-electron chi connectivity index (χ1n) is 12.4. The molecule has 1 heterocycles. The lowest BCUT2D eigenvalue weighted by Gasteiger charge is -2.22. The minimum absolute atomic E-state index is 0.271. The van der Waals surface area contributed by atoms with E-state index in [1.807, 2.05) is 37.4 Å². The molecular formula is C29H33NO4S. The molecule has 1 N–H and O–H groups in total. The lowest BCUT2D eigenvalue weighted by molar-refractivity contribution is -0.122. The van der Waals surface area contributed by atoms with Crippen LogP contribution in [0, 0.1) is 0 Å². The van der Waals surface area contributed by atoms with E-state index in [1.165, 1.54) is 49.0 Å². The van der Waals surface area contributed by atoms with Crippen molar-refractivity contribution in [3.05, 3.63) is 71.1 Å². The highest BCUT2D eigenvalue weighted by Crippen LogP contribution is 2.38. The van der Waals surface area contributed by atoms with Gasteiger partial charge in [0.15, 0.2) is 6.10 Å². The molecule has 1 aromatic heterocycles. The van der Waals surface area contributed by atoms with Crippen molar-refractivity contribution >= 4 is 28.2 Å². The van der Waals surface area contributed by atoms with E-state index in [4.69, 9.17) is 9.47 Å². The summed E-state index contributed by atoms with van der Waals surface area (Å²) in [7, 11) is 0. The Labute approximate surface area is 211 Å². The molecule has 0 radical (unpaired) electrons. The third-order valence-corrected chi connectivity index (χ3v) is 7.19. The monoisotopic (exact) mass is 491 g/mol. The number of carbonyl (C=O) groups excluding carboxylic acids is 2. The number of hydrogen-bond donors (Lipinski definition) is 1. The quantitative estimate of drug-likeness (QED) is 0.333. The Hall–Kier alpha value is -3.12. The predicted molar refractivity (Wildman–Crippen MR) is 141 cm³/mol. The van der Waals surface area contributed by atoms with Gasteiger partial charge in [-0.05, 0) is 62.8 Å². The second kappa shape index (κ2) is 11.5. The van der Waals surface area contributed by atoms with Crippen LogP contribution in [0.3, 0.4) is 0 Å². The van der Waals surface area contributed by atoms with E-state index in [2.05, 4.69) is 29.6 Å². The largest absolute Gasteiger partial charge is 0.481 e. The van der Waals surface area contributed by atoms with Gasteiger partial charge >= 0.3 is 5.97 Å². The van der Waals surface area contributed by atoms with E-state index in [-0.39, 0.29) is 12.0 Å². The van der Waals surface area contributed by atoms with Gasteiger partial charge in [0.2, 0.25) is 0 Å². The molecule has 2 aromatic carbocycles. The molecule has 0 aliphatic heterocycles. The number of amides is 1. The summed E-state index contributed by atoms with van der Waals surface area (Å²) in [5, 5.41) is 5.27. The van der Waals surface area contributed by atoms with Crippen molar-refractivity contribution in [1.82, 2.24) is 0 Å². The first-order chi connectivity index (χ1) is 16.9. The maximum Gasteiger partial charge on any atom is 0.342 e. The van der Waals surface area contributed by atoms with E-state index in [0.29, 0.717) is 22.2 Å². The lowest BCUT2D eigenvalue weighted by Crippen LogP contribution is -2.30. The van der Waals surface area contributed by atoms with Crippen molar-refractivity contribution in [2.45, 2.75) is 71.0 Å². The van der Waals surface area contributed by atoms with Gasteiger partial charge in [0.1, 0.15) is 16.3 Å². The van der Waals surface area contributed by atoms with Gasteiger partial charge in [-0.25, -0.2) is 4.79 Å². The SMILES string of the molecule is CC(C)OC(=O)c1c(-c2ccc(C3CCCCC3)cc2)csc1NC(=O)[C@@H](C)Oc1ccccc1. The molecule has 1 aliphatic rings. The third-order valence-electron chi connectivity index (χ3n) is 6.30. The minimum atomic E-state index is -0.730. The summed E-state index contributed by atoms with van der Waals surface area (Å²) < 4.78 is 11.3. The van der Waals surface area contributed by atoms with Crippen LogP contribution in [0.15, 0.2) is 60.0 Å². The van der Waals surface area contributed by atoms with Crippen LogP contribution in [0.4, 0.5) is 5.00 Å². The molecule has 35 heavy (non-hydrogen) atoms. The number of hydrogen-bond acceptors (Lipinski definition) is 5. The molecule has 4 rings (SSSR count). The minimum Gasteiger partial charge on any atom is -0.481 e. The van der Waals surface area contributed by atoms with E-state index >= 15 is 0 Å². The van der Waals surface area contributed by atoms with Crippen LogP contribution in [0.5, 0.6) is 5.75 Å². The van der Waals surface area contributed by atoms with Crippen molar-refractivity contribution in [2.75, 3.05) is 5.32 Å². The number of esters is 1. The Morgan fingerprint density at radius 1 is 0.943 bits per heavy atom. The van der Waals surface area contributed by atoms with Crippen molar-refractivity contribution in [2.24, 2.45) is 0 Å². The van der Waals surface area contributed by atoms with Crippen molar-refractivity contribution in [3.8, 4) is 16.9 Å². The van der Waals surface area contributed by atoms with Gasteiger partial charge in [-0.2, -0.15) is 0 Å². The number of rotatable bonds is 8. The zero-order chi connectivity index (χ0) is 24.8. The number of anilines is 1. The third kappa shape index (κ3) is 6.31. The number of para-hydroxylation sites is 1. The molecule has 1 saturated carbocycles. The highest BCUT2D eigenvalue weighted by atomic mass is 32.1. The molecule has 184 valence electrons. The Balaban J connectivity index is 1.57. The van der Waals surface area contributed by atoms with Gasteiger partial charge in [0.25, 0.3) is 5.91 Å². The molecule has 1 fully saturated rings. The summed E-state index contributed by atoms with van der Waals surface area (Å²) in [4.78, 5) is 26.0. The first kappa shape index (κ1) is 25.0. The average molecular weight is 492 g/mol. The van der Waals surface area contributed by atoms with Crippen LogP contribution in [0.1, 0.15) is 74.7 Å². The summed E-state index contributed by atoms with van der Waals surface area (Å²) >= 11 is 1.32. The highest BCUT2D eigenvalue weighted by molar-refractivity contribution is 7.15. The lowest BCUT2D eigenvalue weighted by atomic mass is 9.83. The fourth-order valence-corrected chi connectivity index (χ4v) is 5.44. The smallest absolute Gasteiger partial charge is 0.342 e. The van der Waals surface area contributed by atoms with E-state index in [0.717, 1.165) is 11.1 Å². The van der Waals surface area contributed by atoms with Crippen LogP contribution in [-0.4, -0.2) is 24.1 Å². The fraction of sp³-hybridized carbons (Fsp3) is 0.379. The normalized spacial score (nSPS) is 15.0. The molecule has 1 aliphatic carbocycles. The topological polar surface area (TPSA) is 64.6 Å². The highest BCUT2D eigenvalue weighted by Gasteiger charge is 2.26. The molecule has 0 spiro atoms. The molecule has 5 nitrogen and oxygen atoms in total. The Bertz CT molecular complexity index is 1130. The van der Waals surface area contributed by atoms with Gasteiger partial charge in [-0.1, -0.05) is 61.7 Å². The van der Waals surface area contributed by atoms with Crippen LogP contribution >= 0.6 is 11.3 Å². The maximum absolute atomic E-state index is 13.1. The molecule has 1 amide bonds. The van der Waals surface area contributed by atoms with Crippen LogP contribution in [-0.2, 0) is 9.53 Å². The van der Waals surface area contributed by atoms with Crippen molar-refractivity contribution in [1.29, 1.82) is 0 Å². The maximum atomic E-state index is 13.1. The number of nitrogens with one attached hydrogen (secondary N) is 1.